The van der Waals surface area contributed by atoms with E-state index in [0.29, 0.717) is 6.42 Å². The first kappa shape index (κ1) is 16.8. The number of amides is 4. The molecular formula is C16H18N2O5. The minimum atomic E-state index is -1.37. The number of nitrogens with one attached hydrogen (secondary N) is 1. The van der Waals surface area contributed by atoms with Gasteiger partial charge in [-0.15, -0.1) is 0 Å². The molecule has 0 bridgehead atoms. The van der Waals surface area contributed by atoms with Gasteiger partial charge in [-0.05, 0) is 31.6 Å². The molecule has 0 aromatic rings. The highest BCUT2D eigenvalue weighted by Gasteiger charge is 2.45. The number of hydrogen-bond donors (Lipinski definition) is 2. The molecule has 2 unspecified atom stereocenters. The molecule has 7 heteroatoms. The lowest BCUT2D eigenvalue weighted by molar-refractivity contribution is -0.146. The standard InChI is InChI=1S/C16H18N2O5/c1-3-5-12(13(20)17-9-19)18-14(21)10-6-4-7-16(2,23)8-11(10)15(18)22/h4,6-9,12,23H,3,5H2,1-2H3,(H,17,19,20). The molecule has 0 aromatic heterocycles. The first-order valence-electron chi connectivity index (χ1n) is 7.29. The van der Waals surface area contributed by atoms with Crippen molar-refractivity contribution in [1.82, 2.24) is 10.2 Å². The molecule has 1 aliphatic carbocycles. The summed E-state index contributed by atoms with van der Waals surface area (Å²) < 4.78 is 0. The van der Waals surface area contributed by atoms with Gasteiger partial charge in [0.25, 0.3) is 11.8 Å². The second-order valence-electron chi connectivity index (χ2n) is 5.63. The monoisotopic (exact) mass is 318 g/mol. The van der Waals surface area contributed by atoms with Crippen molar-refractivity contribution in [2.24, 2.45) is 0 Å². The molecule has 2 aliphatic rings. The van der Waals surface area contributed by atoms with Gasteiger partial charge in [0.2, 0.25) is 12.3 Å². The molecule has 0 radical (unpaired) electrons. The van der Waals surface area contributed by atoms with Gasteiger partial charge in [-0.1, -0.05) is 19.4 Å². The molecule has 4 amide bonds. The SMILES string of the molecule is CCCC(C(=O)NC=O)N1C(=O)C2=CC=CC(C)(O)C=C2C1=O. The van der Waals surface area contributed by atoms with Gasteiger partial charge >= 0.3 is 0 Å². The number of aliphatic hydroxyl groups is 1. The zero-order valence-electron chi connectivity index (χ0n) is 12.9. The first-order valence-corrected chi connectivity index (χ1v) is 7.29. The Bertz CT molecular complexity index is 657. The Morgan fingerprint density at radius 3 is 2.65 bits per heavy atom. The lowest BCUT2D eigenvalue weighted by Gasteiger charge is -2.23. The predicted molar refractivity (Wildman–Crippen MR) is 80.7 cm³/mol. The smallest absolute Gasteiger partial charge is 0.262 e. The quantitative estimate of drug-likeness (QED) is 0.547. The second-order valence-corrected chi connectivity index (χ2v) is 5.63. The van der Waals surface area contributed by atoms with Crippen molar-refractivity contribution >= 4 is 24.1 Å². The summed E-state index contributed by atoms with van der Waals surface area (Å²) in [5, 5.41) is 12.1. The van der Waals surface area contributed by atoms with Gasteiger partial charge in [-0.25, -0.2) is 0 Å². The Morgan fingerprint density at radius 2 is 2.04 bits per heavy atom. The van der Waals surface area contributed by atoms with Crippen molar-refractivity contribution in [2.45, 2.75) is 38.3 Å². The number of imide groups is 2. The Balaban J connectivity index is 2.45. The molecule has 23 heavy (non-hydrogen) atoms. The van der Waals surface area contributed by atoms with Crippen molar-refractivity contribution in [3.63, 3.8) is 0 Å². The largest absolute Gasteiger partial charge is 0.382 e. The minimum Gasteiger partial charge on any atom is -0.382 e. The lowest BCUT2D eigenvalue weighted by atomic mass is 10.0. The van der Waals surface area contributed by atoms with E-state index >= 15 is 0 Å². The van der Waals surface area contributed by atoms with Gasteiger partial charge in [0.1, 0.15) is 6.04 Å². The van der Waals surface area contributed by atoms with E-state index in [0.717, 1.165) is 4.90 Å². The van der Waals surface area contributed by atoms with Crippen LogP contribution in [0.15, 0.2) is 35.5 Å². The lowest BCUT2D eigenvalue weighted by Crippen LogP contribution is -2.49. The number of carbonyl (C=O) groups excluding carboxylic acids is 4. The third kappa shape index (κ3) is 3.14. The average Bonchev–Trinajstić information content (AvgIpc) is 2.62. The Morgan fingerprint density at radius 1 is 1.39 bits per heavy atom. The zero-order valence-corrected chi connectivity index (χ0v) is 12.9. The summed E-state index contributed by atoms with van der Waals surface area (Å²) in [5.74, 6) is -1.96. The summed E-state index contributed by atoms with van der Waals surface area (Å²) in [6.45, 7) is 3.28. The molecule has 1 saturated heterocycles. The van der Waals surface area contributed by atoms with Gasteiger partial charge in [-0.2, -0.15) is 0 Å². The number of likely N-dealkylation sites (tertiary alicyclic amines) is 1. The fraction of sp³-hybridized carbons (Fsp3) is 0.375. The van der Waals surface area contributed by atoms with Crippen LogP contribution >= 0.6 is 0 Å². The van der Waals surface area contributed by atoms with Crippen LogP contribution in [0, 0.1) is 0 Å². The van der Waals surface area contributed by atoms with Gasteiger partial charge in [0.15, 0.2) is 0 Å². The summed E-state index contributed by atoms with van der Waals surface area (Å²) in [4.78, 5) is 48.5. The second kappa shape index (κ2) is 6.29. The molecule has 1 aliphatic heterocycles. The third-order valence-electron chi connectivity index (χ3n) is 3.70. The van der Waals surface area contributed by atoms with E-state index in [2.05, 4.69) is 0 Å². The van der Waals surface area contributed by atoms with E-state index in [9.17, 15) is 24.3 Å². The van der Waals surface area contributed by atoms with Crippen molar-refractivity contribution in [3.8, 4) is 0 Å². The summed E-state index contributed by atoms with van der Waals surface area (Å²) in [6.07, 6.45) is 6.69. The Labute approximate surface area is 133 Å². The molecule has 2 rings (SSSR count). The maximum absolute atomic E-state index is 12.6. The van der Waals surface area contributed by atoms with E-state index in [1.807, 2.05) is 5.32 Å². The predicted octanol–water partition coefficient (Wildman–Crippen LogP) is -0.0299. The maximum Gasteiger partial charge on any atom is 0.262 e. The maximum atomic E-state index is 12.6. The van der Waals surface area contributed by atoms with Gasteiger partial charge in [-0.3, -0.25) is 29.4 Å². The topological polar surface area (TPSA) is 104 Å². The highest BCUT2D eigenvalue weighted by Crippen LogP contribution is 2.32. The number of hydrogen-bond acceptors (Lipinski definition) is 5. The van der Waals surface area contributed by atoms with E-state index in [-0.39, 0.29) is 24.0 Å². The van der Waals surface area contributed by atoms with E-state index in [1.54, 1.807) is 6.92 Å². The number of fused-ring (bicyclic) bond motifs is 1. The van der Waals surface area contributed by atoms with Crippen LogP contribution in [0.2, 0.25) is 0 Å². The van der Waals surface area contributed by atoms with Crippen LogP contribution in [0.5, 0.6) is 0 Å². The molecule has 2 atom stereocenters. The van der Waals surface area contributed by atoms with Crippen LogP contribution in [0.1, 0.15) is 26.7 Å². The van der Waals surface area contributed by atoms with Crippen LogP contribution in [-0.4, -0.2) is 45.8 Å². The van der Waals surface area contributed by atoms with E-state index in [1.165, 1.54) is 31.2 Å². The number of allylic oxidation sites excluding steroid dienone is 2. The summed E-state index contributed by atoms with van der Waals surface area (Å²) in [7, 11) is 0. The van der Waals surface area contributed by atoms with Crippen LogP contribution < -0.4 is 5.32 Å². The zero-order chi connectivity index (χ0) is 17.2. The van der Waals surface area contributed by atoms with Gasteiger partial charge < -0.3 is 5.11 Å². The molecule has 122 valence electrons. The van der Waals surface area contributed by atoms with E-state index < -0.39 is 29.4 Å². The van der Waals surface area contributed by atoms with Crippen molar-refractivity contribution in [3.05, 3.63) is 35.5 Å². The molecule has 0 aromatic carbocycles. The number of carbonyl (C=O) groups is 4. The molecule has 2 N–H and O–H groups in total. The third-order valence-corrected chi connectivity index (χ3v) is 3.70. The highest BCUT2D eigenvalue weighted by atomic mass is 16.3. The molecule has 0 spiro atoms. The van der Waals surface area contributed by atoms with Crippen LogP contribution in [0.4, 0.5) is 0 Å². The number of nitrogens with zero attached hydrogens (tertiary/aromatic N) is 1. The highest BCUT2D eigenvalue weighted by molar-refractivity contribution is 6.26. The van der Waals surface area contributed by atoms with Crippen molar-refractivity contribution < 1.29 is 24.3 Å². The van der Waals surface area contributed by atoms with Gasteiger partial charge in [0.05, 0.1) is 16.7 Å². The molecule has 1 heterocycles. The van der Waals surface area contributed by atoms with Crippen LogP contribution in [0.3, 0.4) is 0 Å². The summed E-state index contributed by atoms with van der Waals surface area (Å²) in [6, 6.07) is -1.06. The van der Waals surface area contributed by atoms with Crippen LogP contribution in [-0.2, 0) is 19.2 Å². The van der Waals surface area contributed by atoms with E-state index in [4.69, 9.17) is 0 Å². The van der Waals surface area contributed by atoms with Crippen molar-refractivity contribution in [2.75, 3.05) is 0 Å². The Kier molecular flexibility index (Phi) is 4.60. The minimum absolute atomic E-state index is 0.0602. The van der Waals surface area contributed by atoms with Crippen molar-refractivity contribution in [1.29, 1.82) is 0 Å². The van der Waals surface area contributed by atoms with Gasteiger partial charge in [0, 0.05) is 0 Å². The molecule has 1 fully saturated rings. The summed E-state index contributed by atoms with van der Waals surface area (Å²) in [5.41, 5.74) is -1.18. The Hall–Kier alpha value is -2.54. The fourth-order valence-electron chi connectivity index (χ4n) is 2.65. The normalized spacial score (nSPS) is 24.6. The fourth-order valence-corrected chi connectivity index (χ4v) is 2.65. The first-order chi connectivity index (χ1) is 10.8. The molecular weight excluding hydrogens is 300 g/mol. The molecule has 7 nitrogen and oxygen atoms in total. The van der Waals surface area contributed by atoms with Crippen LogP contribution in [0.25, 0.3) is 0 Å². The number of rotatable bonds is 5. The summed E-state index contributed by atoms with van der Waals surface area (Å²) >= 11 is 0. The molecule has 0 saturated carbocycles. The average molecular weight is 318 g/mol.